The zero-order valence-electron chi connectivity index (χ0n) is 3.82. The lowest BCUT2D eigenvalue weighted by Gasteiger charge is -2.04. The van der Waals surface area contributed by atoms with Crippen LogP contribution < -0.4 is 0 Å². The molecule has 0 amide bonds. The van der Waals surface area contributed by atoms with Crippen LogP contribution in [0.15, 0.2) is 0 Å². The van der Waals surface area contributed by atoms with Crippen molar-refractivity contribution in [1.82, 2.24) is 0 Å². The van der Waals surface area contributed by atoms with Gasteiger partial charge in [0.2, 0.25) is 4.52 Å². The van der Waals surface area contributed by atoms with Crippen molar-refractivity contribution in [3.63, 3.8) is 0 Å². The smallest absolute Gasteiger partial charge is 0.214 e. The number of aliphatic hydroxyl groups is 1. The van der Waals surface area contributed by atoms with E-state index in [2.05, 4.69) is 0 Å². The van der Waals surface area contributed by atoms with Crippen LogP contribution in [0.3, 0.4) is 0 Å². The fourth-order valence-corrected chi connectivity index (χ4v) is 0. The van der Waals surface area contributed by atoms with E-state index in [0.29, 0.717) is 6.42 Å². The van der Waals surface area contributed by atoms with Crippen LogP contribution in [0.25, 0.3) is 0 Å². The summed E-state index contributed by atoms with van der Waals surface area (Å²) in [6, 6.07) is 0. The second kappa shape index (κ2) is 3.79. The molecule has 4 heteroatoms. The van der Waals surface area contributed by atoms with Crippen molar-refractivity contribution in [2.75, 3.05) is 0 Å². The molecule has 1 nitrogen and oxygen atoms in total. The number of hydrogen-bond donors (Lipinski definition) is 1. The van der Waals surface area contributed by atoms with Gasteiger partial charge in [-0.15, -0.1) is 12.4 Å². The van der Waals surface area contributed by atoms with Crippen molar-refractivity contribution in [3.8, 4) is 0 Å². The van der Waals surface area contributed by atoms with E-state index in [0.717, 1.165) is 0 Å². The van der Waals surface area contributed by atoms with Gasteiger partial charge in [0.05, 0.1) is 0 Å². The van der Waals surface area contributed by atoms with Crippen LogP contribution in [0.4, 0.5) is 0 Å². The Labute approximate surface area is 59.0 Å². The number of rotatable bonds is 1. The average molecular weight is 165 g/mol. The maximum Gasteiger partial charge on any atom is 0.214 e. The van der Waals surface area contributed by atoms with Gasteiger partial charge in [-0.05, 0) is 0 Å². The first kappa shape index (κ1) is 10.7. The molecule has 0 heterocycles. The van der Waals surface area contributed by atoms with E-state index in [9.17, 15) is 0 Å². The van der Waals surface area contributed by atoms with E-state index < -0.39 is 4.52 Å². The van der Waals surface area contributed by atoms with Crippen molar-refractivity contribution in [3.05, 3.63) is 0 Å². The van der Waals surface area contributed by atoms with Gasteiger partial charge in [0.15, 0.2) is 0 Å². The maximum atomic E-state index is 8.36. The Morgan fingerprint density at radius 1 is 1.57 bits per heavy atom. The molecule has 0 radical (unpaired) electrons. The van der Waals surface area contributed by atoms with Crippen LogP contribution >= 0.6 is 35.6 Å². The van der Waals surface area contributed by atoms with Crippen LogP contribution in [0.5, 0.6) is 0 Å². The van der Waals surface area contributed by atoms with Crippen LogP contribution in [-0.2, 0) is 0 Å². The minimum Gasteiger partial charge on any atom is -0.363 e. The largest absolute Gasteiger partial charge is 0.363 e. The van der Waals surface area contributed by atoms with Crippen molar-refractivity contribution in [1.29, 1.82) is 0 Å². The third-order valence-electron chi connectivity index (χ3n) is 0.425. The Morgan fingerprint density at radius 3 is 1.71 bits per heavy atom. The molecule has 46 valence electrons. The summed E-state index contributed by atoms with van der Waals surface area (Å²) in [6.45, 7) is 1.69. The van der Waals surface area contributed by atoms with E-state index in [1.165, 1.54) is 0 Å². The molecule has 0 saturated carbocycles. The standard InChI is InChI=1S/C3H6Cl2O.ClH/c1-2-3(4,5)6;/h6H,2H2,1H3;1H. The third-order valence-corrected chi connectivity index (χ3v) is 0.960. The van der Waals surface area contributed by atoms with Gasteiger partial charge in [-0.1, -0.05) is 30.1 Å². The molecule has 0 aromatic heterocycles. The summed E-state index contributed by atoms with van der Waals surface area (Å²) in [4.78, 5) is 0. The van der Waals surface area contributed by atoms with Crippen LogP contribution in [0.2, 0.25) is 0 Å². The Bertz CT molecular complexity index is 39.9. The van der Waals surface area contributed by atoms with Crippen LogP contribution in [0, 0.1) is 0 Å². The van der Waals surface area contributed by atoms with Gasteiger partial charge in [-0.25, -0.2) is 0 Å². The molecular weight excluding hydrogens is 158 g/mol. The zero-order valence-corrected chi connectivity index (χ0v) is 6.15. The average Bonchev–Trinajstić information content (AvgIpc) is 1.35. The summed E-state index contributed by atoms with van der Waals surface area (Å²) in [6.07, 6.45) is 0.357. The summed E-state index contributed by atoms with van der Waals surface area (Å²) in [5.41, 5.74) is 0. The first-order valence-corrected chi connectivity index (χ1v) is 2.42. The number of halogens is 3. The lowest BCUT2D eigenvalue weighted by Crippen LogP contribution is -2.06. The quantitative estimate of drug-likeness (QED) is 0.589. The highest BCUT2D eigenvalue weighted by Gasteiger charge is 2.13. The van der Waals surface area contributed by atoms with Gasteiger partial charge in [0.25, 0.3) is 0 Å². The highest BCUT2D eigenvalue weighted by Crippen LogP contribution is 2.19. The molecule has 0 aliphatic rings. The molecule has 0 aliphatic heterocycles. The van der Waals surface area contributed by atoms with Gasteiger partial charge in [0.1, 0.15) is 0 Å². The topological polar surface area (TPSA) is 20.2 Å². The second-order valence-electron chi connectivity index (χ2n) is 1.02. The summed E-state index contributed by atoms with van der Waals surface area (Å²) < 4.78 is -1.51. The van der Waals surface area contributed by atoms with E-state index in [1.54, 1.807) is 6.92 Å². The fourth-order valence-electron chi connectivity index (χ4n) is 0. The lowest BCUT2D eigenvalue weighted by molar-refractivity contribution is 0.210. The molecule has 0 aliphatic carbocycles. The number of alkyl halides is 2. The van der Waals surface area contributed by atoms with Crippen LogP contribution in [0.1, 0.15) is 13.3 Å². The summed E-state index contributed by atoms with van der Waals surface area (Å²) in [5.74, 6) is 0. The summed E-state index contributed by atoms with van der Waals surface area (Å²) in [7, 11) is 0. The predicted molar refractivity (Wildman–Crippen MR) is 34.2 cm³/mol. The normalized spacial score (nSPS) is 10.3. The Kier molecular flexibility index (Phi) is 5.81. The Balaban J connectivity index is 0. The first-order chi connectivity index (χ1) is 2.56. The third kappa shape index (κ3) is 10.9. The zero-order chi connectivity index (χ0) is 5.21. The molecule has 1 N–H and O–H groups in total. The minimum atomic E-state index is -1.51. The second-order valence-corrected chi connectivity index (χ2v) is 2.46. The molecule has 0 aromatic carbocycles. The van der Waals surface area contributed by atoms with Gasteiger partial charge >= 0.3 is 0 Å². The predicted octanol–water partition coefficient (Wildman–Crippen LogP) is 1.94. The van der Waals surface area contributed by atoms with E-state index >= 15 is 0 Å². The first-order valence-electron chi connectivity index (χ1n) is 1.66. The monoisotopic (exact) mass is 164 g/mol. The van der Waals surface area contributed by atoms with Crippen molar-refractivity contribution < 1.29 is 5.11 Å². The Morgan fingerprint density at radius 2 is 1.71 bits per heavy atom. The van der Waals surface area contributed by atoms with Crippen molar-refractivity contribution in [2.45, 2.75) is 17.9 Å². The molecule has 0 atom stereocenters. The molecule has 0 rings (SSSR count). The molecule has 0 bridgehead atoms. The minimum absolute atomic E-state index is 0. The molecule has 0 fully saturated rings. The van der Waals surface area contributed by atoms with E-state index in [1.807, 2.05) is 0 Å². The van der Waals surface area contributed by atoms with Crippen molar-refractivity contribution in [2.24, 2.45) is 0 Å². The van der Waals surface area contributed by atoms with E-state index in [-0.39, 0.29) is 12.4 Å². The van der Waals surface area contributed by atoms with Gasteiger partial charge in [0, 0.05) is 6.42 Å². The fraction of sp³-hybridized carbons (Fsp3) is 1.00. The molecule has 0 spiro atoms. The van der Waals surface area contributed by atoms with Gasteiger partial charge in [-0.2, -0.15) is 0 Å². The maximum absolute atomic E-state index is 8.36. The molecule has 0 saturated heterocycles. The molecule has 7 heavy (non-hydrogen) atoms. The molecular formula is C3H7Cl3O. The molecule has 0 unspecified atom stereocenters. The highest BCUT2D eigenvalue weighted by molar-refractivity contribution is 6.46. The molecule has 0 aromatic rings. The summed E-state index contributed by atoms with van der Waals surface area (Å²) >= 11 is 10.1. The van der Waals surface area contributed by atoms with Crippen LogP contribution in [-0.4, -0.2) is 9.63 Å². The van der Waals surface area contributed by atoms with E-state index in [4.69, 9.17) is 28.3 Å². The van der Waals surface area contributed by atoms with Gasteiger partial charge < -0.3 is 5.11 Å². The Hall–Kier alpha value is 0.830. The number of hydrogen-bond acceptors (Lipinski definition) is 1. The summed E-state index contributed by atoms with van der Waals surface area (Å²) in [5, 5.41) is 8.36. The van der Waals surface area contributed by atoms with Gasteiger partial charge in [-0.3, -0.25) is 0 Å². The SMILES string of the molecule is CCC(O)(Cl)Cl.Cl. The lowest BCUT2D eigenvalue weighted by atomic mass is 10.5. The van der Waals surface area contributed by atoms with Crippen molar-refractivity contribution >= 4 is 35.6 Å². The highest BCUT2D eigenvalue weighted by atomic mass is 35.5.